The van der Waals surface area contributed by atoms with E-state index < -0.39 is 0 Å². The van der Waals surface area contributed by atoms with Crippen LogP contribution in [0.3, 0.4) is 0 Å². The molecule has 0 aromatic heterocycles. The largest absolute Gasteiger partial charge is 0.352 e. The smallest absolute Gasteiger partial charge is 0.251 e. The second-order valence-electron chi connectivity index (χ2n) is 3.96. The third-order valence-electron chi connectivity index (χ3n) is 2.32. The molecule has 3 nitrogen and oxygen atoms in total. The molecule has 0 bridgehead atoms. The fourth-order valence-electron chi connectivity index (χ4n) is 1.44. The van der Waals surface area contributed by atoms with Crippen LogP contribution in [0.1, 0.15) is 22.8 Å². The van der Waals surface area contributed by atoms with Crippen molar-refractivity contribution in [2.24, 2.45) is 5.92 Å². The van der Waals surface area contributed by atoms with Gasteiger partial charge >= 0.3 is 0 Å². The van der Waals surface area contributed by atoms with Gasteiger partial charge in [-0.05, 0) is 36.1 Å². The Kier molecular flexibility index (Phi) is 5.58. The highest BCUT2D eigenvalue weighted by molar-refractivity contribution is 7.98. The third-order valence-corrected chi connectivity index (χ3v) is 3.22. The third kappa shape index (κ3) is 4.49. The first-order valence-corrected chi connectivity index (χ1v) is 6.84. The lowest BCUT2D eigenvalue weighted by Crippen LogP contribution is -2.29. The molecule has 0 radical (unpaired) electrons. The van der Waals surface area contributed by atoms with Gasteiger partial charge in [0.05, 0.1) is 11.6 Å². The van der Waals surface area contributed by atoms with Gasteiger partial charge < -0.3 is 5.32 Å². The predicted octanol–water partition coefficient (Wildman–Crippen LogP) is 2.29. The second kappa shape index (κ2) is 6.97. The van der Waals surface area contributed by atoms with Gasteiger partial charge in [-0.25, -0.2) is 0 Å². The van der Waals surface area contributed by atoms with Gasteiger partial charge in [0.15, 0.2) is 0 Å². The summed E-state index contributed by atoms with van der Waals surface area (Å²) in [7, 11) is 0. The summed E-state index contributed by atoms with van der Waals surface area (Å²) in [6, 6.07) is 8.76. The van der Waals surface area contributed by atoms with Crippen LogP contribution in [0, 0.1) is 17.2 Å². The Bertz CT molecular complexity index is 426. The highest BCUT2D eigenvalue weighted by Gasteiger charge is 2.07. The zero-order valence-electron chi connectivity index (χ0n) is 10.1. The topological polar surface area (TPSA) is 52.9 Å². The van der Waals surface area contributed by atoms with E-state index in [9.17, 15) is 4.79 Å². The first kappa shape index (κ1) is 13.6. The highest BCUT2D eigenvalue weighted by Crippen LogP contribution is 2.06. The Labute approximate surface area is 106 Å². The van der Waals surface area contributed by atoms with Gasteiger partial charge in [-0.1, -0.05) is 13.0 Å². The lowest BCUT2D eigenvalue weighted by molar-refractivity contribution is 0.0949. The predicted molar refractivity (Wildman–Crippen MR) is 71.0 cm³/mol. The van der Waals surface area contributed by atoms with E-state index in [0.29, 0.717) is 23.6 Å². The van der Waals surface area contributed by atoms with Crippen molar-refractivity contribution in [1.82, 2.24) is 5.32 Å². The van der Waals surface area contributed by atoms with Crippen LogP contribution in [0.25, 0.3) is 0 Å². The first-order chi connectivity index (χ1) is 8.17. The van der Waals surface area contributed by atoms with Crippen LogP contribution < -0.4 is 5.32 Å². The molecule has 1 rings (SSSR count). The van der Waals surface area contributed by atoms with Crippen molar-refractivity contribution in [2.75, 3.05) is 18.6 Å². The summed E-state index contributed by atoms with van der Waals surface area (Å²) in [5.41, 5.74) is 1.05. The average molecular weight is 248 g/mol. The van der Waals surface area contributed by atoms with E-state index in [1.54, 1.807) is 36.0 Å². The molecule has 0 aliphatic carbocycles. The Morgan fingerprint density at radius 2 is 2.35 bits per heavy atom. The van der Waals surface area contributed by atoms with E-state index in [2.05, 4.69) is 18.5 Å². The van der Waals surface area contributed by atoms with E-state index in [1.807, 2.05) is 6.07 Å². The Morgan fingerprint density at radius 3 is 3.00 bits per heavy atom. The number of thioether (sulfide) groups is 1. The first-order valence-electron chi connectivity index (χ1n) is 5.44. The summed E-state index contributed by atoms with van der Waals surface area (Å²) in [4.78, 5) is 11.8. The molecule has 0 fully saturated rings. The normalized spacial score (nSPS) is 11.6. The van der Waals surface area contributed by atoms with Crippen molar-refractivity contribution in [2.45, 2.75) is 6.92 Å². The molecule has 0 saturated carbocycles. The monoisotopic (exact) mass is 248 g/mol. The molecule has 1 unspecified atom stereocenters. The molecule has 0 heterocycles. The Balaban J connectivity index is 2.55. The minimum atomic E-state index is -0.116. The summed E-state index contributed by atoms with van der Waals surface area (Å²) in [6.45, 7) is 2.76. The SMILES string of the molecule is CSCC(C)CNC(=O)c1cccc(C#N)c1. The molecule has 0 saturated heterocycles. The molecular formula is C13H16N2OS. The van der Waals surface area contributed by atoms with Crippen molar-refractivity contribution in [3.05, 3.63) is 35.4 Å². The van der Waals surface area contributed by atoms with Gasteiger partial charge in [0.2, 0.25) is 0 Å². The molecule has 90 valence electrons. The van der Waals surface area contributed by atoms with Crippen molar-refractivity contribution in [1.29, 1.82) is 5.26 Å². The number of hydrogen-bond acceptors (Lipinski definition) is 3. The lowest BCUT2D eigenvalue weighted by Gasteiger charge is -2.11. The number of carbonyl (C=O) groups is 1. The summed E-state index contributed by atoms with van der Waals surface area (Å²) in [6.07, 6.45) is 2.05. The van der Waals surface area contributed by atoms with Crippen LogP contribution in [0.15, 0.2) is 24.3 Å². The quantitative estimate of drug-likeness (QED) is 0.869. The number of benzene rings is 1. The Morgan fingerprint density at radius 1 is 1.59 bits per heavy atom. The maximum absolute atomic E-state index is 11.8. The van der Waals surface area contributed by atoms with Crippen LogP contribution in [-0.4, -0.2) is 24.5 Å². The molecule has 0 aliphatic rings. The van der Waals surface area contributed by atoms with E-state index in [4.69, 9.17) is 5.26 Å². The number of carbonyl (C=O) groups excluding carboxylic acids is 1. The molecule has 0 aliphatic heterocycles. The van der Waals surface area contributed by atoms with Gasteiger partial charge in [-0.15, -0.1) is 0 Å². The zero-order chi connectivity index (χ0) is 12.7. The molecule has 4 heteroatoms. The average Bonchev–Trinajstić information content (AvgIpc) is 2.36. The van der Waals surface area contributed by atoms with E-state index >= 15 is 0 Å². The Hall–Kier alpha value is -1.47. The number of nitriles is 1. The van der Waals surface area contributed by atoms with Crippen molar-refractivity contribution in [3.63, 3.8) is 0 Å². The minimum absolute atomic E-state index is 0.116. The fourth-order valence-corrected chi connectivity index (χ4v) is 2.13. The van der Waals surface area contributed by atoms with Crippen LogP contribution in [0.2, 0.25) is 0 Å². The molecule has 1 atom stereocenters. The number of nitrogens with one attached hydrogen (secondary N) is 1. The standard InChI is InChI=1S/C13H16N2OS/c1-10(9-17-2)8-15-13(16)12-5-3-4-11(6-12)7-14/h3-6,10H,8-9H2,1-2H3,(H,15,16). The van der Waals surface area contributed by atoms with Gasteiger partial charge in [-0.3, -0.25) is 4.79 Å². The minimum Gasteiger partial charge on any atom is -0.352 e. The van der Waals surface area contributed by atoms with Crippen LogP contribution in [0.5, 0.6) is 0 Å². The van der Waals surface area contributed by atoms with Gasteiger partial charge in [0, 0.05) is 12.1 Å². The zero-order valence-corrected chi connectivity index (χ0v) is 10.9. The fraction of sp³-hybridized carbons (Fsp3) is 0.385. The van der Waals surface area contributed by atoms with Crippen LogP contribution in [-0.2, 0) is 0 Å². The van der Waals surface area contributed by atoms with E-state index in [0.717, 1.165) is 5.75 Å². The summed E-state index contributed by atoms with van der Waals surface area (Å²) in [5.74, 6) is 1.36. The molecule has 1 aromatic carbocycles. The number of nitrogens with zero attached hydrogens (tertiary/aromatic N) is 1. The maximum atomic E-state index is 11.8. The number of rotatable bonds is 5. The molecule has 1 amide bonds. The van der Waals surface area contributed by atoms with Gasteiger partial charge in [0.25, 0.3) is 5.91 Å². The highest BCUT2D eigenvalue weighted by atomic mass is 32.2. The van der Waals surface area contributed by atoms with Crippen molar-refractivity contribution >= 4 is 17.7 Å². The van der Waals surface area contributed by atoms with E-state index in [1.165, 1.54) is 0 Å². The van der Waals surface area contributed by atoms with Crippen molar-refractivity contribution < 1.29 is 4.79 Å². The molecular weight excluding hydrogens is 232 g/mol. The van der Waals surface area contributed by atoms with Gasteiger partial charge in [-0.2, -0.15) is 17.0 Å². The maximum Gasteiger partial charge on any atom is 0.251 e. The van der Waals surface area contributed by atoms with Crippen molar-refractivity contribution in [3.8, 4) is 6.07 Å². The molecule has 1 aromatic rings. The summed E-state index contributed by atoms with van der Waals surface area (Å²) < 4.78 is 0. The van der Waals surface area contributed by atoms with E-state index in [-0.39, 0.29) is 5.91 Å². The summed E-state index contributed by atoms with van der Waals surface area (Å²) in [5, 5.41) is 11.6. The number of amides is 1. The second-order valence-corrected chi connectivity index (χ2v) is 4.87. The molecule has 17 heavy (non-hydrogen) atoms. The summed E-state index contributed by atoms with van der Waals surface area (Å²) >= 11 is 1.77. The molecule has 1 N–H and O–H groups in total. The lowest BCUT2D eigenvalue weighted by atomic mass is 10.1. The molecule has 0 spiro atoms. The number of hydrogen-bond donors (Lipinski definition) is 1. The van der Waals surface area contributed by atoms with Gasteiger partial charge in [0.1, 0.15) is 0 Å². The van der Waals surface area contributed by atoms with Crippen LogP contribution in [0.4, 0.5) is 0 Å². The van der Waals surface area contributed by atoms with Crippen LogP contribution >= 0.6 is 11.8 Å².